The Morgan fingerprint density at radius 3 is 2.38 bits per heavy atom. The van der Waals surface area contributed by atoms with Gasteiger partial charge in [-0.2, -0.15) is 0 Å². The number of hydrogen-bond acceptors (Lipinski definition) is 2. The molecule has 16 heavy (non-hydrogen) atoms. The van der Waals surface area contributed by atoms with Crippen LogP contribution in [0.3, 0.4) is 0 Å². The molecule has 0 fully saturated rings. The van der Waals surface area contributed by atoms with Gasteiger partial charge in [-0.1, -0.05) is 32.9 Å². The second-order valence-electron chi connectivity index (χ2n) is 4.94. The highest BCUT2D eigenvalue weighted by atomic mass is 16.5. The van der Waals surface area contributed by atoms with Gasteiger partial charge in [-0.25, -0.2) is 0 Å². The average Bonchev–Trinajstić information content (AvgIpc) is 2.19. The predicted molar refractivity (Wildman–Crippen MR) is 67.0 cm³/mol. The van der Waals surface area contributed by atoms with E-state index in [0.29, 0.717) is 13.2 Å². The van der Waals surface area contributed by atoms with Crippen molar-refractivity contribution in [3.05, 3.63) is 29.3 Å². The summed E-state index contributed by atoms with van der Waals surface area (Å²) in [4.78, 5) is 0. The van der Waals surface area contributed by atoms with Gasteiger partial charge in [-0.05, 0) is 24.0 Å². The maximum Gasteiger partial charge on any atom is 0.125 e. The Morgan fingerprint density at radius 1 is 1.19 bits per heavy atom. The Hall–Kier alpha value is -1.02. The molecule has 0 amide bonds. The fraction of sp³-hybridized carbons (Fsp3) is 0.571. The average molecular weight is 222 g/mol. The van der Waals surface area contributed by atoms with Crippen LogP contribution in [0, 0.1) is 0 Å². The molecule has 0 saturated heterocycles. The zero-order valence-corrected chi connectivity index (χ0v) is 11.0. The lowest BCUT2D eigenvalue weighted by molar-refractivity contribution is 0.180. The van der Waals surface area contributed by atoms with E-state index in [-0.39, 0.29) is 5.41 Å². The fourth-order valence-corrected chi connectivity index (χ4v) is 1.59. The van der Waals surface area contributed by atoms with E-state index < -0.39 is 0 Å². The van der Waals surface area contributed by atoms with Gasteiger partial charge in [0.1, 0.15) is 5.75 Å². The highest BCUT2D eigenvalue weighted by Crippen LogP contribution is 2.29. The number of hydrogen-bond donors (Lipinski definition) is 0. The Bertz CT molecular complexity index is 337. The molecule has 0 heterocycles. The van der Waals surface area contributed by atoms with Crippen molar-refractivity contribution in [1.29, 1.82) is 0 Å². The number of rotatable bonds is 4. The maximum atomic E-state index is 5.65. The molecule has 0 saturated carbocycles. The highest BCUT2D eigenvalue weighted by Gasteiger charge is 2.15. The van der Waals surface area contributed by atoms with Gasteiger partial charge >= 0.3 is 0 Å². The Balaban J connectivity index is 3.06. The van der Waals surface area contributed by atoms with E-state index in [2.05, 4.69) is 39.0 Å². The van der Waals surface area contributed by atoms with Crippen LogP contribution in [0.2, 0.25) is 0 Å². The molecule has 0 atom stereocenters. The summed E-state index contributed by atoms with van der Waals surface area (Å²) >= 11 is 0. The van der Waals surface area contributed by atoms with Crippen molar-refractivity contribution in [2.24, 2.45) is 0 Å². The van der Waals surface area contributed by atoms with Crippen LogP contribution < -0.4 is 4.74 Å². The van der Waals surface area contributed by atoms with E-state index in [9.17, 15) is 0 Å². The van der Waals surface area contributed by atoms with E-state index in [1.807, 2.05) is 6.92 Å². The first-order valence-corrected chi connectivity index (χ1v) is 5.74. The predicted octanol–water partition coefficient (Wildman–Crippen LogP) is 3.53. The van der Waals surface area contributed by atoms with Crippen LogP contribution in [-0.2, 0) is 16.8 Å². The van der Waals surface area contributed by atoms with E-state index in [0.717, 1.165) is 11.3 Å². The molecule has 0 aliphatic rings. The Morgan fingerprint density at radius 2 is 1.88 bits per heavy atom. The second kappa shape index (κ2) is 5.35. The summed E-state index contributed by atoms with van der Waals surface area (Å²) in [6, 6.07) is 6.36. The van der Waals surface area contributed by atoms with Crippen molar-refractivity contribution in [2.75, 3.05) is 13.7 Å². The molecule has 0 unspecified atom stereocenters. The normalized spacial score (nSPS) is 11.6. The van der Waals surface area contributed by atoms with Gasteiger partial charge in [0, 0.05) is 12.7 Å². The molecule has 0 N–H and O–H groups in total. The molecule has 2 nitrogen and oxygen atoms in total. The largest absolute Gasteiger partial charge is 0.493 e. The van der Waals surface area contributed by atoms with Gasteiger partial charge < -0.3 is 9.47 Å². The number of benzene rings is 1. The molecule has 1 aromatic carbocycles. The Kier molecular flexibility index (Phi) is 4.36. The van der Waals surface area contributed by atoms with Gasteiger partial charge in [0.25, 0.3) is 0 Å². The van der Waals surface area contributed by atoms with Crippen molar-refractivity contribution in [3.8, 4) is 5.75 Å². The minimum absolute atomic E-state index is 0.150. The van der Waals surface area contributed by atoms with Crippen LogP contribution in [-0.4, -0.2) is 13.7 Å². The molecule has 1 aromatic rings. The lowest BCUT2D eigenvalue weighted by Crippen LogP contribution is -2.12. The van der Waals surface area contributed by atoms with Crippen LogP contribution in [0.15, 0.2) is 18.2 Å². The molecular weight excluding hydrogens is 200 g/mol. The molecular formula is C14H22O2. The second-order valence-corrected chi connectivity index (χ2v) is 4.94. The first-order chi connectivity index (χ1) is 7.49. The lowest BCUT2D eigenvalue weighted by Gasteiger charge is -2.21. The zero-order chi connectivity index (χ0) is 12.2. The van der Waals surface area contributed by atoms with Crippen LogP contribution in [0.4, 0.5) is 0 Å². The van der Waals surface area contributed by atoms with Gasteiger partial charge in [-0.15, -0.1) is 0 Å². The topological polar surface area (TPSA) is 18.5 Å². The molecule has 1 rings (SSSR count). The standard InChI is InChI=1S/C14H22O2/c1-6-16-13-9-12(14(2,3)4)8-7-11(13)10-15-5/h7-9H,6,10H2,1-5H3. The summed E-state index contributed by atoms with van der Waals surface area (Å²) < 4.78 is 10.8. The van der Waals surface area contributed by atoms with Gasteiger partial charge in [0.2, 0.25) is 0 Å². The molecule has 0 radical (unpaired) electrons. The molecule has 0 aromatic heterocycles. The molecule has 0 spiro atoms. The van der Waals surface area contributed by atoms with Crippen molar-refractivity contribution >= 4 is 0 Å². The van der Waals surface area contributed by atoms with Crippen molar-refractivity contribution in [2.45, 2.75) is 39.7 Å². The van der Waals surface area contributed by atoms with Crippen LogP contribution in [0.25, 0.3) is 0 Å². The number of methoxy groups -OCH3 is 1. The third-order valence-corrected chi connectivity index (χ3v) is 2.53. The van der Waals surface area contributed by atoms with Gasteiger partial charge in [0.15, 0.2) is 0 Å². The van der Waals surface area contributed by atoms with E-state index >= 15 is 0 Å². The van der Waals surface area contributed by atoms with E-state index in [1.165, 1.54) is 5.56 Å². The van der Waals surface area contributed by atoms with Gasteiger partial charge in [0.05, 0.1) is 13.2 Å². The fourth-order valence-electron chi connectivity index (χ4n) is 1.59. The molecule has 0 aliphatic heterocycles. The summed E-state index contributed by atoms with van der Waals surface area (Å²) in [5, 5.41) is 0. The summed E-state index contributed by atoms with van der Waals surface area (Å²) in [7, 11) is 1.70. The molecule has 2 heteroatoms. The molecule has 0 aliphatic carbocycles. The highest BCUT2D eigenvalue weighted by molar-refractivity contribution is 5.39. The number of ether oxygens (including phenoxy) is 2. The summed E-state index contributed by atoms with van der Waals surface area (Å²) in [6.07, 6.45) is 0. The van der Waals surface area contributed by atoms with Crippen LogP contribution in [0.5, 0.6) is 5.75 Å². The van der Waals surface area contributed by atoms with E-state index in [4.69, 9.17) is 9.47 Å². The van der Waals surface area contributed by atoms with Gasteiger partial charge in [-0.3, -0.25) is 0 Å². The van der Waals surface area contributed by atoms with Crippen LogP contribution in [0.1, 0.15) is 38.8 Å². The Labute approximate surface area is 98.6 Å². The third kappa shape index (κ3) is 3.24. The summed E-state index contributed by atoms with van der Waals surface area (Å²) in [5.41, 5.74) is 2.55. The van der Waals surface area contributed by atoms with Crippen molar-refractivity contribution in [3.63, 3.8) is 0 Å². The maximum absolute atomic E-state index is 5.65. The van der Waals surface area contributed by atoms with Crippen LogP contribution >= 0.6 is 0 Å². The third-order valence-electron chi connectivity index (χ3n) is 2.53. The minimum Gasteiger partial charge on any atom is -0.493 e. The molecule has 90 valence electrons. The molecule has 0 bridgehead atoms. The first-order valence-electron chi connectivity index (χ1n) is 5.74. The van der Waals surface area contributed by atoms with Crippen molar-refractivity contribution in [1.82, 2.24) is 0 Å². The van der Waals surface area contributed by atoms with E-state index in [1.54, 1.807) is 7.11 Å². The SMILES string of the molecule is CCOc1cc(C(C)(C)C)ccc1COC. The van der Waals surface area contributed by atoms with Crippen molar-refractivity contribution < 1.29 is 9.47 Å². The minimum atomic E-state index is 0.150. The summed E-state index contributed by atoms with van der Waals surface area (Å²) in [6.45, 7) is 9.89. The smallest absolute Gasteiger partial charge is 0.125 e. The monoisotopic (exact) mass is 222 g/mol. The lowest BCUT2D eigenvalue weighted by atomic mass is 9.86. The first kappa shape index (κ1) is 13.0. The zero-order valence-electron chi connectivity index (χ0n) is 11.0. The summed E-state index contributed by atoms with van der Waals surface area (Å²) in [5.74, 6) is 0.941. The quantitative estimate of drug-likeness (QED) is 0.776.